The van der Waals surface area contributed by atoms with Crippen molar-refractivity contribution in [2.45, 2.75) is 18.8 Å². The predicted molar refractivity (Wildman–Crippen MR) is 77.2 cm³/mol. The van der Waals surface area contributed by atoms with Crippen molar-refractivity contribution in [2.75, 3.05) is 17.2 Å². The Morgan fingerprint density at radius 1 is 1.38 bits per heavy atom. The van der Waals surface area contributed by atoms with Crippen molar-refractivity contribution in [1.82, 2.24) is 9.38 Å². The molecule has 0 bridgehead atoms. The second-order valence-electron chi connectivity index (χ2n) is 5.27. The second kappa shape index (κ2) is 4.73. The van der Waals surface area contributed by atoms with E-state index >= 15 is 0 Å². The van der Waals surface area contributed by atoms with Gasteiger partial charge in [-0.25, -0.2) is 18.2 Å². The molecular weight excluding hydrogens is 294 g/mol. The monoisotopic (exact) mass is 309 g/mol. The molecule has 0 amide bonds. The maximum atomic E-state index is 11.5. The lowest BCUT2D eigenvalue weighted by atomic mass is 10.0. The lowest BCUT2D eigenvalue weighted by Crippen LogP contribution is -2.23. The highest BCUT2D eigenvalue weighted by molar-refractivity contribution is 7.91. The molecule has 3 N–H and O–H groups in total. The zero-order valence-electron chi connectivity index (χ0n) is 11.2. The molecule has 0 aliphatic carbocycles. The third-order valence-corrected chi connectivity index (χ3v) is 5.53. The van der Waals surface area contributed by atoms with Crippen LogP contribution in [-0.4, -0.2) is 40.4 Å². The maximum Gasteiger partial charge on any atom is 0.356 e. The van der Waals surface area contributed by atoms with Crippen LogP contribution in [0.3, 0.4) is 0 Å². The van der Waals surface area contributed by atoms with Crippen LogP contribution in [0.1, 0.15) is 35.1 Å². The highest BCUT2D eigenvalue weighted by Crippen LogP contribution is 2.30. The van der Waals surface area contributed by atoms with Gasteiger partial charge in [0.25, 0.3) is 0 Å². The fourth-order valence-corrected chi connectivity index (χ4v) is 4.21. The highest BCUT2D eigenvalue weighted by Gasteiger charge is 2.29. The van der Waals surface area contributed by atoms with Crippen LogP contribution in [0, 0.1) is 0 Å². The molecule has 0 saturated carbocycles. The molecular formula is C13H15N3O4S. The first-order valence-corrected chi connectivity index (χ1v) is 8.41. The van der Waals surface area contributed by atoms with E-state index in [1.165, 1.54) is 0 Å². The van der Waals surface area contributed by atoms with Gasteiger partial charge in [0.15, 0.2) is 5.69 Å². The lowest BCUT2D eigenvalue weighted by molar-refractivity contribution is 0.0693. The van der Waals surface area contributed by atoms with Crippen molar-refractivity contribution in [1.29, 1.82) is 0 Å². The third-order valence-electron chi connectivity index (χ3n) is 3.82. The van der Waals surface area contributed by atoms with E-state index in [4.69, 9.17) is 5.73 Å². The molecule has 0 aromatic carbocycles. The Kier molecular flexibility index (Phi) is 3.12. The number of aromatic nitrogens is 2. The summed E-state index contributed by atoms with van der Waals surface area (Å²) in [6.45, 7) is 0. The van der Waals surface area contributed by atoms with Crippen molar-refractivity contribution in [3.63, 3.8) is 0 Å². The molecule has 112 valence electrons. The Morgan fingerprint density at radius 2 is 2.05 bits per heavy atom. The average molecular weight is 309 g/mol. The summed E-state index contributed by atoms with van der Waals surface area (Å²) in [5, 5.41) is 9.26. The molecule has 1 aliphatic rings. The summed E-state index contributed by atoms with van der Waals surface area (Å²) in [5.74, 6) is -0.351. The van der Waals surface area contributed by atoms with Gasteiger partial charge in [0.2, 0.25) is 0 Å². The van der Waals surface area contributed by atoms with Gasteiger partial charge in [0.1, 0.15) is 15.7 Å². The number of nitrogens with two attached hydrogens (primary N) is 1. The number of hydrogen-bond acceptors (Lipinski definition) is 5. The van der Waals surface area contributed by atoms with Crippen molar-refractivity contribution >= 4 is 27.0 Å². The van der Waals surface area contributed by atoms with E-state index in [0.29, 0.717) is 29.9 Å². The summed E-state index contributed by atoms with van der Waals surface area (Å²) in [4.78, 5) is 15.5. The van der Waals surface area contributed by atoms with Crippen LogP contribution in [0.25, 0.3) is 5.52 Å². The highest BCUT2D eigenvalue weighted by atomic mass is 32.2. The molecule has 8 heteroatoms. The van der Waals surface area contributed by atoms with Gasteiger partial charge >= 0.3 is 5.97 Å². The van der Waals surface area contributed by atoms with Crippen LogP contribution in [-0.2, 0) is 9.84 Å². The molecule has 0 unspecified atom stereocenters. The number of nitrogens with zero attached hydrogens (tertiary/aromatic N) is 2. The summed E-state index contributed by atoms with van der Waals surface area (Å²) >= 11 is 0. The predicted octanol–water partition coefficient (Wildman–Crippen LogP) is 0.907. The van der Waals surface area contributed by atoms with Gasteiger partial charge < -0.3 is 15.2 Å². The summed E-state index contributed by atoms with van der Waals surface area (Å²) < 4.78 is 24.7. The largest absolute Gasteiger partial charge is 0.476 e. The van der Waals surface area contributed by atoms with E-state index in [9.17, 15) is 18.3 Å². The number of imidazole rings is 1. The first-order chi connectivity index (χ1) is 9.87. The van der Waals surface area contributed by atoms with E-state index < -0.39 is 15.8 Å². The Bertz CT molecular complexity index is 811. The molecule has 2 aromatic rings. The number of pyridine rings is 1. The van der Waals surface area contributed by atoms with Crippen molar-refractivity contribution in [3.8, 4) is 0 Å². The minimum atomic E-state index is -2.97. The Balaban J connectivity index is 2.09. The minimum absolute atomic E-state index is 0.0502. The number of sulfone groups is 1. The van der Waals surface area contributed by atoms with Crippen LogP contribution in [0.2, 0.25) is 0 Å². The van der Waals surface area contributed by atoms with Crippen LogP contribution < -0.4 is 5.73 Å². The zero-order valence-corrected chi connectivity index (χ0v) is 12.0. The molecule has 21 heavy (non-hydrogen) atoms. The van der Waals surface area contributed by atoms with E-state index in [1.54, 1.807) is 22.7 Å². The number of carboxylic acid groups (broad SMARTS) is 1. The fraction of sp³-hybridized carbons (Fsp3) is 0.385. The van der Waals surface area contributed by atoms with Crippen LogP contribution >= 0.6 is 0 Å². The van der Waals surface area contributed by atoms with Gasteiger partial charge in [-0.15, -0.1) is 0 Å². The number of rotatable bonds is 2. The summed E-state index contributed by atoms with van der Waals surface area (Å²) in [6.07, 6.45) is 2.61. The number of fused-ring (bicyclic) bond motifs is 1. The first kappa shape index (κ1) is 13.9. The second-order valence-corrected chi connectivity index (χ2v) is 7.57. The molecule has 1 aliphatic heterocycles. The topological polar surface area (TPSA) is 115 Å². The molecule has 0 spiro atoms. The molecule has 1 fully saturated rings. The molecule has 3 rings (SSSR count). The first-order valence-electron chi connectivity index (χ1n) is 6.58. The summed E-state index contributed by atoms with van der Waals surface area (Å²) in [6, 6.07) is 3.24. The Labute approximate surface area is 121 Å². The van der Waals surface area contributed by atoms with Crippen molar-refractivity contribution in [2.24, 2.45) is 0 Å². The van der Waals surface area contributed by atoms with Crippen molar-refractivity contribution < 1.29 is 18.3 Å². The smallest absolute Gasteiger partial charge is 0.356 e. The third kappa shape index (κ3) is 2.46. The van der Waals surface area contributed by atoms with Crippen LogP contribution in [0.5, 0.6) is 0 Å². The standard InChI is InChI=1S/C13H15N3O4S/c14-9-1-4-16-10(7-9)11(13(17)18)15-12(16)8-2-5-21(19,20)6-3-8/h1,4,7-8H,2-3,5-6,14H2,(H,17,18). The SMILES string of the molecule is Nc1ccn2c(C3CCS(=O)(=O)CC3)nc(C(=O)O)c2c1. The van der Waals surface area contributed by atoms with Crippen LogP contribution in [0.15, 0.2) is 18.3 Å². The normalized spacial score (nSPS) is 18.9. The molecule has 3 heterocycles. The van der Waals surface area contributed by atoms with E-state index in [-0.39, 0.29) is 23.1 Å². The number of hydrogen-bond donors (Lipinski definition) is 2. The van der Waals surface area contributed by atoms with E-state index in [1.807, 2.05) is 0 Å². The van der Waals surface area contributed by atoms with Crippen LogP contribution in [0.4, 0.5) is 5.69 Å². The molecule has 2 aromatic heterocycles. The molecule has 7 nitrogen and oxygen atoms in total. The van der Waals surface area contributed by atoms with Gasteiger partial charge in [0, 0.05) is 17.8 Å². The molecule has 1 saturated heterocycles. The molecule has 0 atom stereocenters. The van der Waals surface area contributed by atoms with E-state index in [0.717, 1.165) is 0 Å². The summed E-state index contributed by atoms with van der Waals surface area (Å²) in [7, 11) is -2.97. The molecule has 0 radical (unpaired) electrons. The quantitative estimate of drug-likeness (QED) is 0.852. The number of carboxylic acids is 1. The maximum absolute atomic E-state index is 11.5. The Hall–Kier alpha value is -2.09. The van der Waals surface area contributed by atoms with Gasteiger partial charge in [-0.05, 0) is 25.0 Å². The number of nitrogen functional groups attached to an aromatic ring is 1. The van der Waals surface area contributed by atoms with E-state index in [2.05, 4.69) is 4.98 Å². The lowest BCUT2D eigenvalue weighted by Gasteiger charge is -2.20. The number of carbonyl (C=O) groups is 1. The summed E-state index contributed by atoms with van der Waals surface area (Å²) in [5.41, 5.74) is 6.55. The van der Waals surface area contributed by atoms with Crippen molar-refractivity contribution in [3.05, 3.63) is 29.8 Å². The van der Waals surface area contributed by atoms with Gasteiger partial charge in [0.05, 0.1) is 17.0 Å². The average Bonchev–Trinajstić information content (AvgIpc) is 2.77. The van der Waals surface area contributed by atoms with Gasteiger partial charge in [-0.3, -0.25) is 0 Å². The fourth-order valence-electron chi connectivity index (χ4n) is 2.72. The number of aromatic carboxylic acids is 1. The van der Waals surface area contributed by atoms with Gasteiger partial charge in [-0.2, -0.15) is 0 Å². The zero-order chi connectivity index (χ0) is 15.2. The van der Waals surface area contributed by atoms with Gasteiger partial charge in [-0.1, -0.05) is 0 Å². The Morgan fingerprint density at radius 3 is 2.67 bits per heavy atom. The minimum Gasteiger partial charge on any atom is -0.476 e. The number of anilines is 1.